The van der Waals surface area contributed by atoms with Crippen LogP contribution in [0.15, 0.2) is 18.2 Å². The molecule has 4 heteroatoms. The minimum atomic E-state index is -0.349. The predicted molar refractivity (Wildman–Crippen MR) is 67.0 cm³/mol. The Hall–Kier alpha value is -0.246. The Morgan fingerprint density at radius 2 is 2.17 bits per heavy atom. The van der Waals surface area contributed by atoms with E-state index >= 15 is 0 Å². The Morgan fingerprint density at radius 1 is 1.50 bits per heavy atom. The molecule has 0 N–H and O–H groups in total. The number of rotatable bonds is 3. The van der Waals surface area contributed by atoms with Crippen molar-refractivity contribution >= 4 is 11.6 Å². The minimum absolute atomic E-state index is 0. The first-order chi connectivity index (χ1) is 8.07. The van der Waals surface area contributed by atoms with Crippen LogP contribution in [0.2, 0.25) is 0 Å². The van der Waals surface area contributed by atoms with Crippen molar-refractivity contribution in [3.63, 3.8) is 0 Å². The number of carbonyl (C=O) groups is 1. The van der Waals surface area contributed by atoms with Crippen LogP contribution >= 0.6 is 0 Å². The summed E-state index contributed by atoms with van der Waals surface area (Å²) in [5.41, 5.74) is 1.70. The first-order valence-corrected chi connectivity index (χ1v) is 5.93. The number of hydrogen-bond acceptors (Lipinski definition) is 2. The zero-order valence-electron chi connectivity index (χ0n) is 11.2. The first kappa shape index (κ1) is 15.8. The summed E-state index contributed by atoms with van der Waals surface area (Å²) in [5.74, 6) is 0.112. The van der Waals surface area contributed by atoms with Crippen molar-refractivity contribution in [3.8, 4) is 0 Å². The van der Waals surface area contributed by atoms with Crippen LogP contribution in [0, 0.1) is 11.5 Å². The number of carbonyl (C=O) groups excluding carboxylic acids is 1. The number of nitrogens with zero attached hydrogens (tertiary/aromatic N) is 1. The van der Waals surface area contributed by atoms with Crippen LogP contribution in [0.1, 0.15) is 19.4 Å². The third-order valence-electron chi connectivity index (χ3n) is 3.29. The van der Waals surface area contributed by atoms with Gasteiger partial charge < -0.3 is 9.64 Å². The molecule has 1 amide bonds. The van der Waals surface area contributed by atoms with Gasteiger partial charge in [0.15, 0.2) is 0 Å². The van der Waals surface area contributed by atoms with Crippen LogP contribution in [0.5, 0.6) is 0 Å². The second-order valence-corrected chi connectivity index (χ2v) is 4.84. The molecule has 2 rings (SSSR count). The molecular weight excluding hydrogens is 303 g/mol. The molecule has 1 heterocycles. The summed E-state index contributed by atoms with van der Waals surface area (Å²) >= 11 is 0. The zero-order chi connectivity index (χ0) is 12.5. The van der Waals surface area contributed by atoms with E-state index in [9.17, 15) is 4.79 Å². The van der Waals surface area contributed by atoms with Crippen molar-refractivity contribution in [3.05, 3.63) is 29.8 Å². The molecule has 1 aliphatic heterocycles. The fourth-order valence-corrected chi connectivity index (χ4v) is 1.93. The maximum Gasteiger partial charge on any atom is 0.226 e. The maximum absolute atomic E-state index is 12.2. The first-order valence-electron chi connectivity index (χ1n) is 5.93. The van der Waals surface area contributed by atoms with Crippen molar-refractivity contribution in [1.29, 1.82) is 0 Å². The van der Waals surface area contributed by atoms with Gasteiger partial charge in [0, 0.05) is 39.8 Å². The van der Waals surface area contributed by atoms with E-state index in [1.807, 2.05) is 25.1 Å². The fraction of sp³-hybridized carbons (Fsp3) is 0.500. The van der Waals surface area contributed by atoms with Crippen LogP contribution in [0.4, 0.5) is 5.69 Å². The molecule has 1 aliphatic rings. The number of aryl methyl sites for hydroxylation is 1. The Morgan fingerprint density at radius 3 is 2.56 bits per heavy atom. The van der Waals surface area contributed by atoms with Crippen molar-refractivity contribution < 1.29 is 42.2 Å². The van der Waals surface area contributed by atoms with Gasteiger partial charge in [0.1, 0.15) is 0 Å². The van der Waals surface area contributed by atoms with Gasteiger partial charge in [0.2, 0.25) is 5.91 Å². The van der Waals surface area contributed by atoms with Crippen LogP contribution < -0.4 is 4.90 Å². The maximum atomic E-state index is 12.2. The molecule has 1 aromatic carbocycles. The summed E-state index contributed by atoms with van der Waals surface area (Å²) in [5, 5.41) is 0. The SMILES string of the molecule is CCc1[c-]cc(N(C)C(=O)C2(C)COC2)cc1.[Y]. The Bertz CT molecular complexity index is 412. The van der Waals surface area contributed by atoms with Gasteiger partial charge in [-0.3, -0.25) is 4.79 Å². The van der Waals surface area contributed by atoms with Crippen molar-refractivity contribution in [1.82, 2.24) is 0 Å². The minimum Gasteiger partial charge on any atom is -0.379 e. The normalized spacial score (nSPS) is 16.4. The van der Waals surface area contributed by atoms with Crippen LogP contribution in [0.25, 0.3) is 0 Å². The summed E-state index contributed by atoms with van der Waals surface area (Å²) in [6, 6.07) is 9.04. The van der Waals surface area contributed by atoms with Crippen LogP contribution in [-0.4, -0.2) is 26.2 Å². The van der Waals surface area contributed by atoms with Crippen molar-refractivity contribution in [2.45, 2.75) is 20.3 Å². The fourth-order valence-electron chi connectivity index (χ4n) is 1.93. The molecular formula is C14H18NO2Y-. The summed E-state index contributed by atoms with van der Waals surface area (Å²) in [6.45, 7) is 5.08. The van der Waals surface area contributed by atoms with E-state index in [1.165, 1.54) is 0 Å². The molecule has 18 heavy (non-hydrogen) atoms. The molecule has 0 saturated carbocycles. The van der Waals surface area contributed by atoms with Gasteiger partial charge in [0.25, 0.3) is 0 Å². The third kappa shape index (κ3) is 3.01. The molecule has 1 radical (unpaired) electrons. The molecule has 0 unspecified atom stereocenters. The molecule has 95 valence electrons. The zero-order valence-corrected chi connectivity index (χ0v) is 14.0. The Labute approximate surface area is 134 Å². The van der Waals surface area contributed by atoms with Crippen molar-refractivity contribution in [2.24, 2.45) is 5.41 Å². The summed E-state index contributed by atoms with van der Waals surface area (Å²) < 4.78 is 5.13. The van der Waals surface area contributed by atoms with Crippen LogP contribution in [-0.2, 0) is 48.7 Å². The van der Waals surface area contributed by atoms with E-state index in [0.29, 0.717) is 13.2 Å². The number of ether oxygens (including phenoxy) is 1. The molecule has 0 aliphatic carbocycles. The molecule has 0 spiro atoms. The number of amides is 1. The van der Waals surface area contributed by atoms with Crippen LogP contribution in [0.3, 0.4) is 0 Å². The van der Waals surface area contributed by atoms with E-state index < -0.39 is 0 Å². The standard InChI is InChI=1S/C14H18NO2.Y/c1-4-11-5-7-12(8-6-11)15(3)13(16)14(2)9-17-10-14;/h5,7-8H,4,9-10H2,1-3H3;/q-1;. The van der Waals surface area contributed by atoms with Crippen molar-refractivity contribution in [2.75, 3.05) is 25.2 Å². The average molecular weight is 321 g/mol. The van der Waals surface area contributed by atoms with E-state index in [2.05, 4.69) is 13.0 Å². The Balaban J connectivity index is 0.00000162. The Kier molecular flexibility index (Phi) is 5.51. The summed E-state index contributed by atoms with van der Waals surface area (Å²) in [4.78, 5) is 13.9. The third-order valence-corrected chi connectivity index (χ3v) is 3.29. The van der Waals surface area contributed by atoms with E-state index in [4.69, 9.17) is 4.74 Å². The van der Waals surface area contributed by atoms with Gasteiger partial charge in [-0.15, -0.1) is 6.07 Å². The second-order valence-electron chi connectivity index (χ2n) is 4.84. The van der Waals surface area contributed by atoms with Gasteiger partial charge in [0.05, 0.1) is 18.6 Å². The van der Waals surface area contributed by atoms with Gasteiger partial charge in [-0.1, -0.05) is 19.0 Å². The number of hydrogen-bond donors (Lipinski definition) is 0. The average Bonchev–Trinajstić information content (AvgIpc) is 2.34. The molecule has 0 atom stereocenters. The molecule has 3 nitrogen and oxygen atoms in total. The number of anilines is 1. The number of benzene rings is 1. The van der Waals surface area contributed by atoms with Gasteiger partial charge in [-0.2, -0.15) is 23.8 Å². The van der Waals surface area contributed by atoms with E-state index in [1.54, 1.807) is 11.9 Å². The van der Waals surface area contributed by atoms with Gasteiger partial charge in [-0.05, 0) is 6.92 Å². The largest absolute Gasteiger partial charge is 0.379 e. The second kappa shape index (κ2) is 6.27. The molecule has 1 aromatic rings. The molecule has 1 fully saturated rings. The molecule has 0 aromatic heterocycles. The topological polar surface area (TPSA) is 29.5 Å². The quantitative estimate of drug-likeness (QED) is 0.798. The van der Waals surface area contributed by atoms with E-state index in [-0.39, 0.29) is 44.0 Å². The summed E-state index contributed by atoms with van der Waals surface area (Å²) in [7, 11) is 1.81. The van der Waals surface area contributed by atoms with Gasteiger partial charge >= 0.3 is 0 Å². The smallest absolute Gasteiger partial charge is 0.226 e. The monoisotopic (exact) mass is 321 g/mol. The molecule has 0 bridgehead atoms. The molecule has 1 saturated heterocycles. The summed E-state index contributed by atoms with van der Waals surface area (Å²) in [6.07, 6.45) is 0.962. The van der Waals surface area contributed by atoms with E-state index in [0.717, 1.165) is 17.7 Å². The van der Waals surface area contributed by atoms with Gasteiger partial charge in [-0.25, -0.2) is 0 Å². The predicted octanol–water partition coefficient (Wildman–Crippen LogP) is 2.05.